The van der Waals surface area contributed by atoms with Gasteiger partial charge in [0.05, 0.1) is 34.5 Å². The lowest BCUT2D eigenvalue weighted by molar-refractivity contribution is 0.117. The summed E-state index contributed by atoms with van der Waals surface area (Å²) in [5.74, 6) is 3.19. The molecular formula is C25H35NO5. The lowest BCUT2D eigenvalue weighted by Crippen LogP contribution is -2.19. The monoisotopic (exact) mass is 429 g/mol. The second kappa shape index (κ2) is 11.3. The summed E-state index contributed by atoms with van der Waals surface area (Å²) in [6.45, 7) is 1.92. The minimum Gasteiger partial charge on any atom is -0.493 e. The van der Waals surface area contributed by atoms with Crippen LogP contribution in [0.4, 0.5) is 0 Å². The quantitative estimate of drug-likeness (QED) is 0.498. The first-order valence-electron chi connectivity index (χ1n) is 11.0. The van der Waals surface area contributed by atoms with E-state index in [2.05, 4.69) is 11.4 Å². The largest absolute Gasteiger partial charge is 0.493 e. The molecule has 0 fully saturated rings. The van der Waals surface area contributed by atoms with Crippen LogP contribution in [0, 0.1) is 5.92 Å². The molecule has 0 aromatic heterocycles. The number of ether oxygens (including phenoxy) is 4. The molecule has 6 heteroatoms. The second-order valence-corrected chi connectivity index (χ2v) is 8.00. The highest BCUT2D eigenvalue weighted by molar-refractivity contribution is 5.50. The summed E-state index contributed by atoms with van der Waals surface area (Å²) in [4.78, 5) is 0. The lowest BCUT2D eigenvalue weighted by atomic mass is 9.97. The maximum Gasteiger partial charge on any atom is 0.161 e. The van der Waals surface area contributed by atoms with Crippen molar-refractivity contribution in [2.75, 3.05) is 41.5 Å². The third kappa shape index (κ3) is 5.63. The minimum atomic E-state index is -0.431. The van der Waals surface area contributed by atoms with Crippen molar-refractivity contribution in [3.63, 3.8) is 0 Å². The standard InChI is InChI=1S/C25H35NO5/c1-28-21-10-9-17(13-22(21)29-2)7-5-11-26-12-6-8-18-14-19-15-23(30-3)24(31-4)16-20(19)25(18)27/h9-10,13,15-16,18,25-27H,5-8,11-12,14H2,1-4H3. The zero-order valence-corrected chi connectivity index (χ0v) is 19.1. The molecule has 2 aromatic carbocycles. The number of nitrogens with one attached hydrogen (secondary N) is 1. The van der Waals surface area contributed by atoms with Gasteiger partial charge < -0.3 is 29.4 Å². The van der Waals surface area contributed by atoms with Gasteiger partial charge in [-0.05, 0) is 92.1 Å². The van der Waals surface area contributed by atoms with Gasteiger partial charge in [0, 0.05) is 0 Å². The van der Waals surface area contributed by atoms with Gasteiger partial charge in [0.2, 0.25) is 0 Å². The molecule has 1 aliphatic carbocycles. The van der Waals surface area contributed by atoms with Crippen molar-refractivity contribution < 1.29 is 24.1 Å². The minimum absolute atomic E-state index is 0.250. The number of benzene rings is 2. The van der Waals surface area contributed by atoms with Gasteiger partial charge in [-0.2, -0.15) is 0 Å². The van der Waals surface area contributed by atoms with E-state index in [1.807, 2.05) is 24.3 Å². The molecule has 0 saturated carbocycles. The van der Waals surface area contributed by atoms with Crippen LogP contribution < -0.4 is 24.3 Å². The number of rotatable bonds is 12. The van der Waals surface area contributed by atoms with Crippen LogP contribution in [0.3, 0.4) is 0 Å². The maximum absolute atomic E-state index is 10.7. The van der Waals surface area contributed by atoms with Crippen molar-refractivity contribution in [2.45, 2.75) is 38.2 Å². The van der Waals surface area contributed by atoms with Gasteiger partial charge in [0.1, 0.15) is 0 Å². The fourth-order valence-corrected chi connectivity index (χ4v) is 4.36. The molecular weight excluding hydrogens is 394 g/mol. The molecule has 2 atom stereocenters. The Morgan fingerprint density at radius 1 is 0.839 bits per heavy atom. The number of methoxy groups -OCH3 is 4. The van der Waals surface area contributed by atoms with Gasteiger partial charge in [-0.25, -0.2) is 0 Å². The summed E-state index contributed by atoms with van der Waals surface area (Å²) in [5.41, 5.74) is 3.39. The number of fused-ring (bicyclic) bond motifs is 1. The van der Waals surface area contributed by atoms with E-state index in [0.29, 0.717) is 5.75 Å². The van der Waals surface area contributed by atoms with Crippen molar-refractivity contribution >= 4 is 0 Å². The Morgan fingerprint density at radius 3 is 2.19 bits per heavy atom. The summed E-state index contributed by atoms with van der Waals surface area (Å²) < 4.78 is 21.4. The predicted octanol–water partition coefficient (Wildman–Crippen LogP) is 3.93. The average Bonchev–Trinajstić information content (AvgIpc) is 3.11. The molecule has 0 bridgehead atoms. The Balaban J connectivity index is 1.37. The van der Waals surface area contributed by atoms with Crippen LogP contribution in [0.15, 0.2) is 30.3 Å². The molecule has 31 heavy (non-hydrogen) atoms. The molecule has 0 heterocycles. The van der Waals surface area contributed by atoms with E-state index in [9.17, 15) is 5.11 Å². The third-order valence-electron chi connectivity index (χ3n) is 6.09. The fraction of sp³-hybridized carbons (Fsp3) is 0.520. The number of aryl methyl sites for hydroxylation is 1. The smallest absolute Gasteiger partial charge is 0.161 e. The average molecular weight is 430 g/mol. The van der Waals surface area contributed by atoms with Gasteiger partial charge in [-0.1, -0.05) is 6.07 Å². The van der Waals surface area contributed by atoms with Crippen LogP contribution in [-0.2, 0) is 12.8 Å². The molecule has 2 N–H and O–H groups in total. The first-order chi connectivity index (χ1) is 15.1. The summed E-state index contributed by atoms with van der Waals surface area (Å²) in [6.07, 6.45) is 4.54. The molecule has 0 amide bonds. The molecule has 0 aliphatic heterocycles. The molecule has 0 saturated heterocycles. The number of hydrogen-bond donors (Lipinski definition) is 2. The predicted molar refractivity (Wildman–Crippen MR) is 122 cm³/mol. The van der Waals surface area contributed by atoms with E-state index in [1.165, 1.54) is 5.56 Å². The summed E-state index contributed by atoms with van der Waals surface area (Å²) >= 11 is 0. The van der Waals surface area contributed by atoms with Crippen LogP contribution >= 0.6 is 0 Å². The lowest BCUT2D eigenvalue weighted by Gasteiger charge is -2.15. The van der Waals surface area contributed by atoms with Crippen molar-refractivity contribution in [3.8, 4) is 23.0 Å². The Bertz CT molecular complexity index is 854. The number of hydrogen-bond acceptors (Lipinski definition) is 6. The summed E-state index contributed by atoms with van der Waals surface area (Å²) in [7, 11) is 6.58. The van der Waals surface area contributed by atoms with Crippen LogP contribution in [0.1, 0.15) is 42.1 Å². The van der Waals surface area contributed by atoms with Gasteiger partial charge in [-0.3, -0.25) is 0 Å². The summed E-state index contributed by atoms with van der Waals surface area (Å²) in [6, 6.07) is 10.0. The molecule has 1 aliphatic rings. The highest BCUT2D eigenvalue weighted by atomic mass is 16.5. The highest BCUT2D eigenvalue weighted by Gasteiger charge is 2.32. The van der Waals surface area contributed by atoms with E-state index in [0.717, 1.165) is 73.6 Å². The Morgan fingerprint density at radius 2 is 1.48 bits per heavy atom. The van der Waals surface area contributed by atoms with Crippen LogP contribution in [0.2, 0.25) is 0 Å². The van der Waals surface area contributed by atoms with Crippen LogP contribution in [-0.4, -0.2) is 46.6 Å². The van der Waals surface area contributed by atoms with E-state index in [4.69, 9.17) is 18.9 Å². The van der Waals surface area contributed by atoms with Gasteiger partial charge in [-0.15, -0.1) is 0 Å². The highest BCUT2D eigenvalue weighted by Crippen LogP contribution is 2.43. The van der Waals surface area contributed by atoms with Gasteiger partial charge in [0.25, 0.3) is 0 Å². The van der Waals surface area contributed by atoms with E-state index < -0.39 is 6.10 Å². The Labute approximate surface area is 185 Å². The van der Waals surface area contributed by atoms with Crippen molar-refractivity contribution in [1.82, 2.24) is 5.32 Å². The second-order valence-electron chi connectivity index (χ2n) is 8.00. The van der Waals surface area contributed by atoms with E-state index >= 15 is 0 Å². The fourth-order valence-electron chi connectivity index (χ4n) is 4.36. The Hall–Kier alpha value is -2.44. The van der Waals surface area contributed by atoms with Crippen molar-refractivity contribution in [2.24, 2.45) is 5.92 Å². The molecule has 2 aromatic rings. The van der Waals surface area contributed by atoms with Crippen molar-refractivity contribution in [3.05, 3.63) is 47.0 Å². The maximum atomic E-state index is 10.7. The SMILES string of the molecule is COc1ccc(CCCNCCCC2Cc3cc(OC)c(OC)cc3C2O)cc1OC. The first-order valence-corrected chi connectivity index (χ1v) is 11.0. The Kier molecular flexibility index (Phi) is 8.43. The van der Waals surface area contributed by atoms with Crippen molar-refractivity contribution in [1.29, 1.82) is 0 Å². The van der Waals surface area contributed by atoms with E-state index in [1.54, 1.807) is 28.4 Å². The zero-order valence-electron chi connectivity index (χ0n) is 19.1. The molecule has 3 rings (SSSR count). The number of aliphatic hydroxyl groups excluding tert-OH is 1. The number of aliphatic hydroxyl groups is 1. The molecule has 2 unspecified atom stereocenters. The van der Waals surface area contributed by atoms with Gasteiger partial charge in [0.15, 0.2) is 23.0 Å². The summed E-state index contributed by atoms with van der Waals surface area (Å²) in [5, 5.41) is 14.3. The molecule has 170 valence electrons. The normalized spacial score (nSPS) is 17.3. The molecule has 6 nitrogen and oxygen atoms in total. The molecule has 0 spiro atoms. The van der Waals surface area contributed by atoms with Crippen LogP contribution in [0.25, 0.3) is 0 Å². The first kappa shape index (κ1) is 23.2. The zero-order chi connectivity index (χ0) is 22.2. The van der Waals surface area contributed by atoms with E-state index in [-0.39, 0.29) is 5.92 Å². The molecule has 0 radical (unpaired) electrons. The topological polar surface area (TPSA) is 69.2 Å². The van der Waals surface area contributed by atoms with Crippen LogP contribution in [0.5, 0.6) is 23.0 Å². The van der Waals surface area contributed by atoms with Gasteiger partial charge >= 0.3 is 0 Å². The third-order valence-corrected chi connectivity index (χ3v) is 6.09.